The monoisotopic (exact) mass is 544 g/mol. The van der Waals surface area contributed by atoms with E-state index in [0.29, 0.717) is 31.5 Å². The van der Waals surface area contributed by atoms with Gasteiger partial charge in [-0.05, 0) is 49.6 Å². The Kier molecular flexibility index (Phi) is 11.5. The molecule has 1 fully saturated rings. The molecule has 0 aliphatic carbocycles. The van der Waals surface area contributed by atoms with E-state index in [-0.39, 0.29) is 35.8 Å². The van der Waals surface area contributed by atoms with Crippen LogP contribution in [0, 0.1) is 5.82 Å². The summed E-state index contributed by atoms with van der Waals surface area (Å²) in [7, 11) is 0. The predicted octanol–water partition coefficient (Wildman–Crippen LogP) is 3.88. The maximum atomic E-state index is 14.4. The average Bonchev–Trinajstić information content (AvgIpc) is 3.28. The highest BCUT2D eigenvalue weighted by Gasteiger charge is 2.15. The molecular weight excluding hydrogens is 514 g/mol. The van der Waals surface area contributed by atoms with Crippen LogP contribution >= 0.6 is 24.0 Å². The third-order valence-corrected chi connectivity index (χ3v) is 4.48. The highest BCUT2D eigenvalue weighted by Crippen LogP contribution is 2.24. The van der Waals surface area contributed by atoms with Gasteiger partial charge in [-0.15, -0.1) is 24.0 Å². The van der Waals surface area contributed by atoms with Gasteiger partial charge in [0.2, 0.25) is 0 Å². The largest absolute Gasteiger partial charge is 0.453 e. The van der Waals surface area contributed by atoms with Crippen molar-refractivity contribution in [3.05, 3.63) is 54.1 Å². The first-order chi connectivity index (χ1) is 14.7. The van der Waals surface area contributed by atoms with E-state index in [2.05, 4.69) is 20.6 Å². The van der Waals surface area contributed by atoms with E-state index in [4.69, 9.17) is 14.2 Å². The highest BCUT2D eigenvalue weighted by atomic mass is 127. The summed E-state index contributed by atoms with van der Waals surface area (Å²) in [6, 6.07) is 8.32. The van der Waals surface area contributed by atoms with Gasteiger partial charge < -0.3 is 24.8 Å². The van der Waals surface area contributed by atoms with Gasteiger partial charge in [0.05, 0.1) is 25.5 Å². The fraction of sp³-hybridized carbons (Fsp3) is 0.455. The van der Waals surface area contributed by atoms with Gasteiger partial charge in [-0.3, -0.25) is 4.98 Å². The van der Waals surface area contributed by atoms with Crippen LogP contribution in [0.15, 0.2) is 47.7 Å². The lowest BCUT2D eigenvalue weighted by molar-refractivity contribution is 0.0420. The molecule has 9 heteroatoms. The summed E-state index contributed by atoms with van der Waals surface area (Å²) in [5, 5.41) is 6.47. The van der Waals surface area contributed by atoms with Crippen molar-refractivity contribution in [2.45, 2.75) is 32.4 Å². The van der Waals surface area contributed by atoms with Crippen LogP contribution in [-0.2, 0) is 16.0 Å². The Morgan fingerprint density at radius 2 is 2.23 bits per heavy atom. The van der Waals surface area contributed by atoms with E-state index >= 15 is 0 Å². The van der Waals surface area contributed by atoms with Crippen LogP contribution in [-0.4, -0.2) is 50.0 Å². The number of guanidine groups is 1. The van der Waals surface area contributed by atoms with Gasteiger partial charge in [0.1, 0.15) is 5.75 Å². The Morgan fingerprint density at radius 3 is 2.94 bits per heavy atom. The zero-order valence-electron chi connectivity index (χ0n) is 17.7. The second-order valence-electron chi connectivity index (χ2n) is 6.89. The van der Waals surface area contributed by atoms with Crippen molar-refractivity contribution in [2.75, 3.05) is 32.9 Å². The molecule has 1 unspecified atom stereocenters. The zero-order chi connectivity index (χ0) is 21.0. The van der Waals surface area contributed by atoms with Gasteiger partial charge in [-0.25, -0.2) is 9.38 Å². The van der Waals surface area contributed by atoms with Crippen LogP contribution in [0.25, 0.3) is 0 Å². The average molecular weight is 544 g/mol. The summed E-state index contributed by atoms with van der Waals surface area (Å²) < 4.78 is 31.0. The SMILES string of the molecule is CCNC(=NCc1ccc(Oc2cccnc2)c(F)c1)NCCCOC1CCOC1.I. The molecule has 0 radical (unpaired) electrons. The Labute approximate surface area is 199 Å². The Balaban J connectivity index is 0.00000341. The molecule has 1 atom stereocenters. The van der Waals surface area contributed by atoms with Crippen LogP contribution in [0.2, 0.25) is 0 Å². The number of pyridine rings is 1. The third kappa shape index (κ3) is 8.96. The van der Waals surface area contributed by atoms with Crippen molar-refractivity contribution in [3.8, 4) is 11.5 Å². The van der Waals surface area contributed by atoms with E-state index in [1.807, 2.05) is 6.92 Å². The summed E-state index contributed by atoms with van der Waals surface area (Å²) in [6.45, 7) is 6.02. The van der Waals surface area contributed by atoms with Crippen LogP contribution < -0.4 is 15.4 Å². The first-order valence-electron chi connectivity index (χ1n) is 10.3. The van der Waals surface area contributed by atoms with Crippen molar-refractivity contribution in [3.63, 3.8) is 0 Å². The number of aliphatic imine (C=N–C) groups is 1. The summed E-state index contributed by atoms with van der Waals surface area (Å²) in [5.74, 6) is 0.911. The molecule has 2 heterocycles. The molecule has 0 bridgehead atoms. The molecule has 0 amide bonds. The van der Waals surface area contributed by atoms with Crippen molar-refractivity contribution in [2.24, 2.45) is 4.99 Å². The van der Waals surface area contributed by atoms with Crippen LogP contribution in [0.4, 0.5) is 4.39 Å². The number of aromatic nitrogens is 1. The van der Waals surface area contributed by atoms with Crippen LogP contribution in [0.5, 0.6) is 11.5 Å². The molecule has 1 aliphatic heterocycles. The molecule has 3 rings (SSSR count). The van der Waals surface area contributed by atoms with Gasteiger partial charge in [0.15, 0.2) is 17.5 Å². The molecule has 1 aliphatic rings. The Morgan fingerprint density at radius 1 is 1.32 bits per heavy atom. The van der Waals surface area contributed by atoms with Crippen molar-refractivity contribution >= 4 is 29.9 Å². The minimum Gasteiger partial charge on any atom is -0.453 e. The number of halogens is 2. The van der Waals surface area contributed by atoms with Gasteiger partial charge >= 0.3 is 0 Å². The van der Waals surface area contributed by atoms with E-state index in [1.54, 1.807) is 36.7 Å². The van der Waals surface area contributed by atoms with Gasteiger partial charge in [0.25, 0.3) is 0 Å². The number of hydrogen-bond donors (Lipinski definition) is 2. The zero-order valence-corrected chi connectivity index (χ0v) is 20.0. The first-order valence-corrected chi connectivity index (χ1v) is 10.3. The van der Waals surface area contributed by atoms with E-state index in [1.165, 1.54) is 6.07 Å². The molecule has 7 nitrogen and oxygen atoms in total. The molecule has 1 saturated heterocycles. The second-order valence-corrected chi connectivity index (χ2v) is 6.89. The molecule has 1 aromatic carbocycles. The highest BCUT2D eigenvalue weighted by molar-refractivity contribution is 14.0. The van der Waals surface area contributed by atoms with Gasteiger partial charge in [-0.2, -0.15) is 0 Å². The lowest BCUT2D eigenvalue weighted by Crippen LogP contribution is -2.38. The van der Waals surface area contributed by atoms with Gasteiger partial charge in [0, 0.05) is 32.5 Å². The maximum Gasteiger partial charge on any atom is 0.191 e. The number of rotatable bonds is 10. The molecule has 1 aromatic heterocycles. The first kappa shape index (κ1) is 25.3. The minimum atomic E-state index is -0.433. The summed E-state index contributed by atoms with van der Waals surface area (Å²) in [5.41, 5.74) is 0.757. The molecule has 0 spiro atoms. The number of ether oxygens (including phenoxy) is 3. The standard InChI is InChI=1S/C22H29FN4O3.HI/c1-2-25-22(26-10-4-11-29-19-8-12-28-16-19)27-14-17-6-7-21(20(23)13-17)30-18-5-3-9-24-15-18;/h3,5-7,9,13,15,19H,2,4,8,10-12,14,16H2,1H3,(H2,25,26,27);1H. The minimum absolute atomic E-state index is 0. The Bertz CT molecular complexity index is 805. The maximum absolute atomic E-state index is 14.4. The molecule has 0 saturated carbocycles. The molecule has 2 aromatic rings. The topological polar surface area (TPSA) is 77.0 Å². The van der Waals surface area contributed by atoms with Crippen LogP contribution in [0.1, 0.15) is 25.3 Å². The number of nitrogens with zero attached hydrogens (tertiary/aromatic N) is 2. The lowest BCUT2D eigenvalue weighted by Gasteiger charge is -2.13. The number of benzene rings is 1. The predicted molar refractivity (Wildman–Crippen MR) is 129 cm³/mol. The fourth-order valence-corrected chi connectivity index (χ4v) is 2.95. The van der Waals surface area contributed by atoms with E-state index in [0.717, 1.165) is 38.1 Å². The van der Waals surface area contributed by atoms with Crippen molar-refractivity contribution in [1.29, 1.82) is 0 Å². The Hall–Kier alpha value is -1.98. The third-order valence-electron chi connectivity index (χ3n) is 4.48. The molecule has 170 valence electrons. The molecule has 2 N–H and O–H groups in total. The normalized spacial score (nSPS) is 15.9. The quantitative estimate of drug-likeness (QED) is 0.205. The van der Waals surface area contributed by atoms with Crippen molar-refractivity contribution in [1.82, 2.24) is 15.6 Å². The van der Waals surface area contributed by atoms with Crippen LogP contribution in [0.3, 0.4) is 0 Å². The summed E-state index contributed by atoms with van der Waals surface area (Å²) in [4.78, 5) is 8.49. The van der Waals surface area contributed by atoms with Crippen molar-refractivity contribution < 1.29 is 18.6 Å². The molecular formula is C22H30FIN4O3. The number of nitrogens with one attached hydrogen (secondary N) is 2. The second kappa shape index (κ2) is 14.2. The summed E-state index contributed by atoms with van der Waals surface area (Å²) >= 11 is 0. The van der Waals surface area contributed by atoms with E-state index < -0.39 is 5.82 Å². The summed E-state index contributed by atoms with van der Waals surface area (Å²) in [6.07, 6.45) is 5.25. The van der Waals surface area contributed by atoms with E-state index in [9.17, 15) is 4.39 Å². The number of hydrogen-bond acceptors (Lipinski definition) is 5. The smallest absolute Gasteiger partial charge is 0.191 e. The lowest BCUT2D eigenvalue weighted by atomic mass is 10.2. The molecule has 31 heavy (non-hydrogen) atoms. The van der Waals surface area contributed by atoms with Gasteiger partial charge in [-0.1, -0.05) is 6.07 Å². The fourth-order valence-electron chi connectivity index (χ4n) is 2.95.